The molecule has 1 aliphatic carbocycles. The summed E-state index contributed by atoms with van der Waals surface area (Å²) in [6.45, 7) is 0. The Hall–Kier alpha value is -1.91. The van der Waals surface area contributed by atoms with E-state index < -0.39 is 0 Å². The van der Waals surface area contributed by atoms with E-state index in [1.165, 1.54) is 4.52 Å². The zero-order valence-corrected chi connectivity index (χ0v) is 8.05. The predicted molar refractivity (Wildman–Crippen MR) is 54.8 cm³/mol. The first kappa shape index (κ1) is 8.40. The lowest BCUT2D eigenvalue weighted by atomic mass is 10.2. The minimum absolute atomic E-state index is 0.394. The van der Waals surface area contributed by atoms with Crippen LogP contribution in [0.25, 0.3) is 5.65 Å². The van der Waals surface area contributed by atoms with Gasteiger partial charge in [0.25, 0.3) is 0 Å². The number of carbonyl (C=O) groups excluding carboxylic acids is 1. The number of anilines is 1. The lowest BCUT2D eigenvalue weighted by molar-refractivity contribution is 0.111. The Balaban J connectivity index is 2.32. The van der Waals surface area contributed by atoms with Gasteiger partial charge >= 0.3 is 0 Å². The first-order valence-electron chi connectivity index (χ1n) is 4.90. The smallest absolute Gasteiger partial charge is 0.170 e. The maximum Gasteiger partial charge on any atom is 0.170 e. The monoisotopic (exact) mass is 202 g/mol. The number of nitrogen functional groups attached to an aromatic ring is 1. The molecule has 2 N–H and O–H groups in total. The van der Waals surface area contributed by atoms with Crippen LogP contribution in [0.1, 0.15) is 34.9 Å². The molecule has 1 aliphatic rings. The molecule has 0 spiro atoms. The van der Waals surface area contributed by atoms with Crippen molar-refractivity contribution in [2.45, 2.75) is 18.8 Å². The summed E-state index contributed by atoms with van der Waals surface area (Å²) in [4.78, 5) is 15.4. The number of hydrogen-bond donors (Lipinski definition) is 1. The van der Waals surface area contributed by atoms with Crippen molar-refractivity contribution in [3.63, 3.8) is 0 Å². The van der Waals surface area contributed by atoms with Crippen molar-refractivity contribution in [3.8, 4) is 0 Å². The molecule has 1 saturated carbocycles. The second kappa shape index (κ2) is 2.79. The van der Waals surface area contributed by atoms with Crippen LogP contribution in [0.4, 0.5) is 5.82 Å². The zero-order chi connectivity index (χ0) is 10.4. The minimum atomic E-state index is 0.394. The molecule has 0 aliphatic heterocycles. The first-order valence-corrected chi connectivity index (χ1v) is 4.90. The molecule has 0 saturated heterocycles. The molecule has 0 aromatic carbocycles. The van der Waals surface area contributed by atoms with Crippen LogP contribution in [0.5, 0.6) is 0 Å². The highest BCUT2D eigenvalue weighted by atomic mass is 16.1. The van der Waals surface area contributed by atoms with Crippen LogP contribution in [-0.4, -0.2) is 20.9 Å². The molecule has 0 unspecified atom stereocenters. The Kier molecular flexibility index (Phi) is 1.56. The van der Waals surface area contributed by atoms with Crippen LogP contribution in [-0.2, 0) is 0 Å². The number of nitrogens with two attached hydrogens (primary N) is 1. The second-order valence-corrected chi connectivity index (χ2v) is 3.80. The van der Waals surface area contributed by atoms with E-state index in [1.54, 1.807) is 12.1 Å². The summed E-state index contributed by atoms with van der Waals surface area (Å²) >= 11 is 0. The van der Waals surface area contributed by atoms with Crippen molar-refractivity contribution in [2.75, 3.05) is 5.73 Å². The van der Waals surface area contributed by atoms with Crippen LogP contribution in [0, 0.1) is 0 Å². The number of hydrogen-bond acceptors (Lipinski definition) is 4. The topological polar surface area (TPSA) is 73.3 Å². The molecule has 3 rings (SSSR count). The summed E-state index contributed by atoms with van der Waals surface area (Å²) in [5.74, 6) is 0.832. The molecular formula is C10H10N4O. The third-order valence-corrected chi connectivity index (χ3v) is 2.64. The van der Waals surface area contributed by atoms with Crippen LogP contribution in [0.3, 0.4) is 0 Å². The highest BCUT2D eigenvalue weighted by Gasteiger charge is 2.30. The average Bonchev–Trinajstić information content (AvgIpc) is 3.00. The summed E-state index contributed by atoms with van der Waals surface area (Å²) in [5, 5.41) is 4.08. The van der Waals surface area contributed by atoms with Gasteiger partial charge in [0.05, 0.1) is 5.69 Å². The van der Waals surface area contributed by atoms with Gasteiger partial charge < -0.3 is 5.73 Å². The van der Waals surface area contributed by atoms with Gasteiger partial charge in [0.2, 0.25) is 0 Å². The molecule has 5 heteroatoms. The maximum atomic E-state index is 11.0. The van der Waals surface area contributed by atoms with Gasteiger partial charge in [-0.25, -0.2) is 9.50 Å². The Morgan fingerprint density at radius 1 is 1.47 bits per heavy atom. The Bertz CT molecular complexity index is 542. The second-order valence-electron chi connectivity index (χ2n) is 3.80. The van der Waals surface area contributed by atoms with Crippen molar-refractivity contribution >= 4 is 17.8 Å². The average molecular weight is 202 g/mol. The molecule has 15 heavy (non-hydrogen) atoms. The third kappa shape index (κ3) is 1.20. The van der Waals surface area contributed by atoms with Crippen LogP contribution in [0.2, 0.25) is 0 Å². The third-order valence-electron chi connectivity index (χ3n) is 2.64. The molecular weight excluding hydrogens is 192 g/mol. The minimum Gasteiger partial charge on any atom is -0.382 e. The number of imidazole rings is 1. The number of rotatable bonds is 2. The lowest BCUT2D eigenvalue weighted by Gasteiger charge is -1.95. The lowest BCUT2D eigenvalue weighted by Crippen LogP contribution is -2.01. The number of fused-ring (bicyclic) bond motifs is 1. The standard InChI is InChI=1S/C10H10N4O/c11-8-3-4-9-12-10(6-1-2-6)7(5-15)14(9)13-8/h3-6H,1-2H2,(H2,11,13). The van der Waals surface area contributed by atoms with Crippen molar-refractivity contribution in [3.05, 3.63) is 23.5 Å². The fraction of sp³-hybridized carbons (Fsp3) is 0.300. The van der Waals surface area contributed by atoms with Gasteiger partial charge in [0.15, 0.2) is 11.9 Å². The summed E-state index contributed by atoms with van der Waals surface area (Å²) in [7, 11) is 0. The van der Waals surface area contributed by atoms with Crippen LogP contribution >= 0.6 is 0 Å². The molecule has 2 heterocycles. The van der Waals surface area contributed by atoms with E-state index in [0.717, 1.165) is 24.8 Å². The quantitative estimate of drug-likeness (QED) is 0.737. The summed E-state index contributed by atoms with van der Waals surface area (Å²) in [5.41, 5.74) is 7.67. The fourth-order valence-electron chi connectivity index (χ4n) is 1.75. The number of nitrogens with zero attached hydrogens (tertiary/aromatic N) is 3. The largest absolute Gasteiger partial charge is 0.382 e. The van der Waals surface area contributed by atoms with Crippen LogP contribution in [0.15, 0.2) is 12.1 Å². The molecule has 0 bridgehead atoms. The van der Waals surface area contributed by atoms with E-state index in [1.807, 2.05) is 0 Å². The van der Waals surface area contributed by atoms with Gasteiger partial charge in [-0.1, -0.05) is 0 Å². The molecule has 2 aromatic rings. The molecule has 76 valence electrons. The van der Waals surface area contributed by atoms with Gasteiger partial charge in [-0.15, -0.1) is 5.10 Å². The van der Waals surface area contributed by atoms with Crippen molar-refractivity contribution in [2.24, 2.45) is 0 Å². The van der Waals surface area contributed by atoms with E-state index in [-0.39, 0.29) is 0 Å². The molecule has 0 atom stereocenters. The number of aromatic nitrogens is 3. The SMILES string of the molecule is Nc1ccc2nc(C3CC3)c(C=O)n2n1. The summed E-state index contributed by atoms with van der Waals surface area (Å²) in [6.07, 6.45) is 3.03. The Morgan fingerprint density at radius 2 is 2.27 bits per heavy atom. The molecule has 0 amide bonds. The fourth-order valence-corrected chi connectivity index (χ4v) is 1.75. The van der Waals surface area contributed by atoms with Crippen molar-refractivity contribution in [1.82, 2.24) is 14.6 Å². The van der Waals surface area contributed by atoms with E-state index in [4.69, 9.17) is 5.73 Å². The Labute approximate surface area is 85.9 Å². The van der Waals surface area contributed by atoms with Gasteiger partial charge in [-0.2, -0.15) is 0 Å². The van der Waals surface area contributed by atoms with Crippen molar-refractivity contribution in [1.29, 1.82) is 0 Å². The van der Waals surface area contributed by atoms with Gasteiger partial charge in [-0.3, -0.25) is 4.79 Å². The van der Waals surface area contributed by atoms with Gasteiger partial charge in [0, 0.05) is 5.92 Å². The predicted octanol–water partition coefficient (Wildman–Crippen LogP) is 1.00. The number of carbonyl (C=O) groups is 1. The highest BCUT2D eigenvalue weighted by molar-refractivity contribution is 5.76. The van der Waals surface area contributed by atoms with E-state index in [9.17, 15) is 4.79 Å². The van der Waals surface area contributed by atoms with Crippen molar-refractivity contribution < 1.29 is 4.79 Å². The Morgan fingerprint density at radius 3 is 2.93 bits per heavy atom. The van der Waals surface area contributed by atoms with E-state index >= 15 is 0 Å². The van der Waals surface area contributed by atoms with Crippen LogP contribution < -0.4 is 5.73 Å². The van der Waals surface area contributed by atoms with Gasteiger partial charge in [0.1, 0.15) is 11.5 Å². The number of aldehydes is 1. The first-order chi connectivity index (χ1) is 7.29. The molecule has 0 radical (unpaired) electrons. The van der Waals surface area contributed by atoms with E-state index in [0.29, 0.717) is 23.1 Å². The normalized spacial score (nSPS) is 15.7. The summed E-state index contributed by atoms with van der Waals surface area (Å²) < 4.78 is 1.52. The van der Waals surface area contributed by atoms with E-state index in [2.05, 4.69) is 10.1 Å². The maximum absolute atomic E-state index is 11.0. The van der Waals surface area contributed by atoms with Gasteiger partial charge in [-0.05, 0) is 25.0 Å². The molecule has 1 fully saturated rings. The zero-order valence-electron chi connectivity index (χ0n) is 8.05. The molecule has 2 aromatic heterocycles. The summed E-state index contributed by atoms with van der Waals surface area (Å²) in [6, 6.07) is 3.47. The highest BCUT2D eigenvalue weighted by Crippen LogP contribution is 2.40. The molecule has 5 nitrogen and oxygen atoms in total.